The molecular formula is C21H26OSe. The third-order valence-corrected chi connectivity index (χ3v) is 8.45. The number of carbonyl (C=O) groups is 1. The summed E-state index contributed by atoms with van der Waals surface area (Å²) in [5.41, 5.74) is 0.257. The molecule has 0 bridgehead atoms. The summed E-state index contributed by atoms with van der Waals surface area (Å²) in [6.45, 7) is 10.9. The molecule has 0 heterocycles. The molecule has 1 fully saturated rings. The van der Waals surface area contributed by atoms with Crippen molar-refractivity contribution in [1.82, 2.24) is 0 Å². The normalized spacial score (nSPS) is 35.6. The number of rotatable bonds is 3. The van der Waals surface area contributed by atoms with Gasteiger partial charge in [-0.1, -0.05) is 0 Å². The molecule has 1 aromatic rings. The predicted molar refractivity (Wildman–Crippen MR) is 98.1 cm³/mol. The molecule has 1 saturated carbocycles. The Kier molecular flexibility index (Phi) is 4.19. The molecule has 0 saturated heterocycles. The number of allylic oxidation sites excluding steroid dienone is 3. The van der Waals surface area contributed by atoms with Crippen LogP contribution < -0.4 is 4.46 Å². The van der Waals surface area contributed by atoms with Crippen LogP contribution in [0.25, 0.3) is 0 Å². The first kappa shape index (κ1) is 16.7. The number of Topliss-reactive ketones (excluding diaryl/α,β-unsaturated/α-hetero) is 1. The molecule has 1 unspecified atom stereocenters. The molecule has 122 valence electrons. The van der Waals surface area contributed by atoms with Crippen LogP contribution >= 0.6 is 0 Å². The predicted octanol–water partition coefficient (Wildman–Crippen LogP) is 4.33. The second-order valence-corrected chi connectivity index (χ2v) is 11.2. The van der Waals surface area contributed by atoms with Crippen LogP contribution in [-0.4, -0.2) is 20.7 Å². The van der Waals surface area contributed by atoms with Crippen molar-refractivity contribution in [2.75, 3.05) is 0 Å². The molecule has 0 aliphatic heterocycles. The third kappa shape index (κ3) is 2.88. The van der Waals surface area contributed by atoms with Crippen LogP contribution in [0, 0.1) is 16.7 Å². The second kappa shape index (κ2) is 5.76. The summed E-state index contributed by atoms with van der Waals surface area (Å²) in [4.78, 5) is 12.8. The van der Waals surface area contributed by atoms with Gasteiger partial charge < -0.3 is 0 Å². The fourth-order valence-corrected chi connectivity index (χ4v) is 7.42. The van der Waals surface area contributed by atoms with Gasteiger partial charge in [-0.3, -0.25) is 0 Å². The van der Waals surface area contributed by atoms with Gasteiger partial charge in [0, 0.05) is 0 Å². The fourth-order valence-electron chi connectivity index (χ4n) is 4.54. The first-order valence-corrected chi connectivity index (χ1v) is 10.1. The van der Waals surface area contributed by atoms with Crippen molar-refractivity contribution in [3.63, 3.8) is 0 Å². The van der Waals surface area contributed by atoms with Crippen LogP contribution in [-0.2, 0) is 4.79 Å². The minimum absolute atomic E-state index is 0.116. The summed E-state index contributed by atoms with van der Waals surface area (Å²) in [6, 6.07) is 10.5. The van der Waals surface area contributed by atoms with Crippen molar-refractivity contribution in [1.29, 1.82) is 0 Å². The number of hydrogen-bond acceptors (Lipinski definition) is 1. The van der Waals surface area contributed by atoms with E-state index in [4.69, 9.17) is 0 Å². The summed E-state index contributed by atoms with van der Waals surface area (Å²) in [5, 5.41) is 0. The van der Waals surface area contributed by atoms with Gasteiger partial charge in [-0.2, -0.15) is 0 Å². The molecule has 3 rings (SSSR count). The Morgan fingerprint density at radius 1 is 1.17 bits per heavy atom. The van der Waals surface area contributed by atoms with Gasteiger partial charge in [0.25, 0.3) is 0 Å². The Morgan fingerprint density at radius 3 is 2.52 bits per heavy atom. The van der Waals surface area contributed by atoms with Gasteiger partial charge in [0.05, 0.1) is 0 Å². The van der Waals surface area contributed by atoms with Gasteiger partial charge >= 0.3 is 146 Å². The number of benzene rings is 1. The maximum absolute atomic E-state index is 12.8. The molecule has 1 spiro atoms. The molecule has 3 atom stereocenters. The Balaban J connectivity index is 1.92. The van der Waals surface area contributed by atoms with Crippen molar-refractivity contribution in [2.24, 2.45) is 16.7 Å². The molecule has 23 heavy (non-hydrogen) atoms. The Bertz CT molecular complexity index is 645. The van der Waals surface area contributed by atoms with Gasteiger partial charge in [-0.15, -0.1) is 0 Å². The maximum atomic E-state index is 12.8. The summed E-state index contributed by atoms with van der Waals surface area (Å²) < 4.78 is 1.11. The standard InChI is InChI=1S/C21H26OSe/c1-5-17-19(2,3)13-14-21(17)12-11-18(22)20(4,15-21)23-16-9-7-6-8-10-16/h5-10,13-14,17H,1,11-12,15H2,2-4H3/t17-,20?,21-/m0/s1. The van der Waals surface area contributed by atoms with Gasteiger partial charge in [0.1, 0.15) is 0 Å². The van der Waals surface area contributed by atoms with E-state index in [1.54, 1.807) is 0 Å². The fraction of sp³-hybridized carbons (Fsp3) is 0.476. The van der Waals surface area contributed by atoms with Crippen LogP contribution in [0.1, 0.15) is 40.0 Å². The first-order chi connectivity index (χ1) is 10.8. The summed E-state index contributed by atoms with van der Waals surface area (Å²) in [7, 11) is 0. The van der Waals surface area contributed by atoms with Crippen molar-refractivity contribution in [3.8, 4) is 0 Å². The van der Waals surface area contributed by atoms with Gasteiger partial charge in [0.2, 0.25) is 0 Å². The van der Waals surface area contributed by atoms with Gasteiger partial charge in [-0.25, -0.2) is 0 Å². The summed E-state index contributed by atoms with van der Waals surface area (Å²) in [5.74, 6) is 0.877. The van der Waals surface area contributed by atoms with E-state index in [1.807, 2.05) is 6.07 Å². The summed E-state index contributed by atoms with van der Waals surface area (Å²) in [6.07, 6.45) is 9.53. The molecule has 0 radical (unpaired) electrons. The minimum atomic E-state index is -0.210. The Labute approximate surface area is 146 Å². The molecule has 0 amide bonds. The van der Waals surface area contributed by atoms with Crippen LogP contribution in [0.15, 0.2) is 55.1 Å². The SMILES string of the molecule is C=C[C@H]1C(C)(C)C=C[C@]12CCC(=O)C(C)([Se]c1ccccc1)C2. The van der Waals surface area contributed by atoms with E-state index in [0.29, 0.717) is 18.1 Å². The molecular weight excluding hydrogens is 347 g/mol. The molecule has 2 aliphatic rings. The van der Waals surface area contributed by atoms with E-state index < -0.39 is 0 Å². The first-order valence-electron chi connectivity index (χ1n) is 8.42. The molecule has 2 aliphatic carbocycles. The van der Waals surface area contributed by atoms with Crippen LogP contribution in [0.3, 0.4) is 0 Å². The van der Waals surface area contributed by atoms with E-state index in [0.717, 1.165) is 12.8 Å². The van der Waals surface area contributed by atoms with E-state index in [9.17, 15) is 4.79 Å². The van der Waals surface area contributed by atoms with Crippen molar-refractivity contribution in [3.05, 3.63) is 55.1 Å². The number of hydrogen-bond donors (Lipinski definition) is 0. The van der Waals surface area contributed by atoms with Crippen molar-refractivity contribution >= 4 is 25.2 Å². The Morgan fingerprint density at radius 2 is 1.87 bits per heavy atom. The number of ketones is 1. The second-order valence-electron chi connectivity index (χ2n) is 7.85. The van der Waals surface area contributed by atoms with Gasteiger partial charge in [0.15, 0.2) is 0 Å². The van der Waals surface area contributed by atoms with E-state index in [1.165, 1.54) is 4.46 Å². The van der Waals surface area contributed by atoms with Crippen molar-refractivity contribution in [2.45, 2.75) is 44.3 Å². The zero-order valence-electron chi connectivity index (χ0n) is 14.3. The number of carbonyl (C=O) groups excluding carboxylic acids is 1. The molecule has 0 N–H and O–H groups in total. The van der Waals surface area contributed by atoms with E-state index in [2.05, 4.69) is 69.8 Å². The van der Waals surface area contributed by atoms with Gasteiger partial charge in [-0.05, 0) is 0 Å². The zero-order valence-corrected chi connectivity index (χ0v) is 16.1. The molecule has 1 nitrogen and oxygen atoms in total. The topological polar surface area (TPSA) is 17.1 Å². The zero-order chi connectivity index (χ0) is 16.7. The Hall–Kier alpha value is -1.11. The third-order valence-electron chi connectivity index (χ3n) is 5.66. The summed E-state index contributed by atoms with van der Waals surface area (Å²) >= 11 is 0.172. The molecule has 2 heteroatoms. The van der Waals surface area contributed by atoms with E-state index in [-0.39, 0.29) is 30.1 Å². The van der Waals surface area contributed by atoms with Crippen LogP contribution in [0.4, 0.5) is 0 Å². The van der Waals surface area contributed by atoms with E-state index >= 15 is 0 Å². The molecule has 1 aromatic carbocycles. The average Bonchev–Trinajstić information content (AvgIpc) is 2.75. The monoisotopic (exact) mass is 374 g/mol. The average molecular weight is 373 g/mol. The van der Waals surface area contributed by atoms with Crippen molar-refractivity contribution < 1.29 is 4.79 Å². The van der Waals surface area contributed by atoms with Crippen LogP contribution in [0.5, 0.6) is 0 Å². The quantitative estimate of drug-likeness (QED) is 0.569. The molecule has 0 aromatic heterocycles. The van der Waals surface area contributed by atoms with Crippen LogP contribution in [0.2, 0.25) is 4.31 Å².